The van der Waals surface area contributed by atoms with Gasteiger partial charge in [0.15, 0.2) is 0 Å². The lowest BCUT2D eigenvalue weighted by atomic mass is 10.1. The van der Waals surface area contributed by atoms with Crippen LogP contribution in [0.3, 0.4) is 0 Å². The quantitative estimate of drug-likeness (QED) is 0.184. The molecule has 1 unspecified atom stereocenters. The van der Waals surface area contributed by atoms with Crippen LogP contribution in [0.5, 0.6) is 0 Å². The van der Waals surface area contributed by atoms with Crippen molar-refractivity contribution in [1.29, 1.82) is 0 Å². The number of ether oxygens (including phenoxy) is 1. The van der Waals surface area contributed by atoms with E-state index in [1.807, 2.05) is 20.8 Å². The Kier molecular flexibility index (Phi) is 7.14. The van der Waals surface area contributed by atoms with Crippen LogP contribution in [0, 0.1) is 5.92 Å². The molecule has 0 amide bonds. The van der Waals surface area contributed by atoms with Crippen LogP contribution in [0.1, 0.15) is 20.8 Å². The average molecular weight is 203 g/mol. The maximum atomic E-state index is 8.39. The van der Waals surface area contributed by atoms with E-state index in [1.54, 1.807) is 0 Å². The lowest BCUT2D eigenvalue weighted by molar-refractivity contribution is 0.0807. The second-order valence-corrected chi connectivity index (χ2v) is 3.55. The van der Waals surface area contributed by atoms with Gasteiger partial charge >= 0.3 is 0 Å². The van der Waals surface area contributed by atoms with Crippen molar-refractivity contribution in [3.05, 3.63) is 0 Å². The Morgan fingerprint density at radius 2 is 2.14 bits per heavy atom. The molecule has 4 N–H and O–H groups in total. The van der Waals surface area contributed by atoms with Crippen LogP contribution in [-0.2, 0) is 4.74 Å². The van der Waals surface area contributed by atoms with Crippen molar-refractivity contribution < 1.29 is 9.94 Å². The summed E-state index contributed by atoms with van der Waals surface area (Å²) in [6.07, 6.45) is 0.262. The van der Waals surface area contributed by atoms with Gasteiger partial charge in [0, 0.05) is 19.0 Å². The minimum Gasteiger partial charge on any atom is -0.409 e. The molecule has 0 rings (SSSR count). The number of nitrogens with zero attached hydrogens (tertiary/aromatic N) is 1. The van der Waals surface area contributed by atoms with Crippen LogP contribution in [-0.4, -0.2) is 36.8 Å². The Morgan fingerprint density at radius 1 is 1.50 bits per heavy atom. The number of amidine groups is 1. The van der Waals surface area contributed by atoms with Crippen LogP contribution in [0.25, 0.3) is 0 Å². The third kappa shape index (κ3) is 6.68. The van der Waals surface area contributed by atoms with Gasteiger partial charge in [0.25, 0.3) is 0 Å². The van der Waals surface area contributed by atoms with Gasteiger partial charge < -0.3 is 21.0 Å². The lowest BCUT2D eigenvalue weighted by Gasteiger charge is -2.12. The molecule has 5 heteroatoms. The molecule has 0 aromatic carbocycles. The van der Waals surface area contributed by atoms with Gasteiger partial charge in [-0.05, 0) is 13.8 Å². The van der Waals surface area contributed by atoms with E-state index >= 15 is 0 Å². The molecule has 0 aliphatic rings. The van der Waals surface area contributed by atoms with E-state index < -0.39 is 0 Å². The molecule has 0 aromatic heterocycles. The number of hydrogen-bond acceptors (Lipinski definition) is 4. The molecule has 1 atom stereocenters. The second kappa shape index (κ2) is 7.58. The molecule has 14 heavy (non-hydrogen) atoms. The molecule has 84 valence electrons. The Balaban J connectivity index is 3.36. The fourth-order valence-corrected chi connectivity index (χ4v) is 0.888. The first kappa shape index (κ1) is 13.2. The maximum Gasteiger partial charge on any atom is 0.143 e. The molecular weight excluding hydrogens is 182 g/mol. The summed E-state index contributed by atoms with van der Waals surface area (Å²) in [6.45, 7) is 8.04. The fraction of sp³-hybridized carbons (Fsp3) is 0.889. The van der Waals surface area contributed by atoms with E-state index in [0.29, 0.717) is 13.2 Å². The monoisotopic (exact) mass is 203 g/mol. The molecular formula is C9H21N3O2. The predicted molar refractivity (Wildman–Crippen MR) is 56.5 cm³/mol. The smallest absolute Gasteiger partial charge is 0.143 e. The Labute approximate surface area is 85.3 Å². The van der Waals surface area contributed by atoms with Crippen molar-refractivity contribution in [1.82, 2.24) is 5.32 Å². The standard InChI is InChI=1S/C9H21N3O2/c1-7(2)14-5-4-11-6-8(3)9(10)12-13/h7-8,11,13H,4-6H2,1-3H3,(H2,10,12). The highest BCUT2D eigenvalue weighted by Gasteiger charge is 2.05. The highest BCUT2D eigenvalue weighted by Crippen LogP contribution is 1.91. The summed E-state index contributed by atoms with van der Waals surface area (Å²) in [4.78, 5) is 0. The second-order valence-electron chi connectivity index (χ2n) is 3.55. The molecule has 5 nitrogen and oxygen atoms in total. The summed E-state index contributed by atoms with van der Waals surface area (Å²) in [5.41, 5.74) is 5.41. The van der Waals surface area contributed by atoms with E-state index in [0.717, 1.165) is 6.54 Å². The Hall–Kier alpha value is -0.810. The average Bonchev–Trinajstić information content (AvgIpc) is 2.15. The predicted octanol–water partition coefficient (Wildman–Crippen LogP) is 0.384. The van der Waals surface area contributed by atoms with Crippen molar-refractivity contribution in [3.8, 4) is 0 Å². The zero-order chi connectivity index (χ0) is 11.0. The summed E-state index contributed by atoms with van der Waals surface area (Å²) >= 11 is 0. The Morgan fingerprint density at radius 3 is 2.64 bits per heavy atom. The van der Waals surface area contributed by atoms with Gasteiger partial charge in [0.2, 0.25) is 0 Å². The summed E-state index contributed by atoms with van der Waals surface area (Å²) in [7, 11) is 0. The number of hydrogen-bond donors (Lipinski definition) is 3. The van der Waals surface area contributed by atoms with Crippen molar-refractivity contribution in [2.75, 3.05) is 19.7 Å². The molecule has 0 radical (unpaired) electrons. The number of rotatable bonds is 7. The summed E-state index contributed by atoms with van der Waals surface area (Å²) in [6, 6.07) is 0. The minimum absolute atomic E-state index is 0.0408. The van der Waals surface area contributed by atoms with Gasteiger partial charge in [-0.25, -0.2) is 0 Å². The van der Waals surface area contributed by atoms with E-state index in [1.165, 1.54) is 0 Å². The van der Waals surface area contributed by atoms with E-state index in [4.69, 9.17) is 15.7 Å². The SMILES string of the molecule is CC(C)OCCNCC(C)C(N)=NO. The topological polar surface area (TPSA) is 79.9 Å². The van der Waals surface area contributed by atoms with E-state index in [2.05, 4.69) is 10.5 Å². The van der Waals surface area contributed by atoms with Crippen molar-refractivity contribution in [3.63, 3.8) is 0 Å². The highest BCUT2D eigenvalue weighted by molar-refractivity contribution is 5.82. The Bertz CT molecular complexity index is 171. The molecule has 0 aliphatic heterocycles. The minimum atomic E-state index is 0.0408. The fourth-order valence-electron chi connectivity index (χ4n) is 0.888. The van der Waals surface area contributed by atoms with Crippen molar-refractivity contribution in [2.45, 2.75) is 26.9 Å². The molecule has 0 saturated carbocycles. The maximum absolute atomic E-state index is 8.39. The van der Waals surface area contributed by atoms with E-state index in [-0.39, 0.29) is 17.9 Å². The molecule has 0 saturated heterocycles. The van der Waals surface area contributed by atoms with Gasteiger partial charge in [-0.1, -0.05) is 12.1 Å². The first-order valence-corrected chi connectivity index (χ1v) is 4.87. The number of nitrogens with two attached hydrogens (primary N) is 1. The van der Waals surface area contributed by atoms with Gasteiger partial charge in [-0.3, -0.25) is 0 Å². The number of oxime groups is 1. The lowest BCUT2D eigenvalue weighted by Crippen LogP contribution is -2.33. The molecule has 0 fully saturated rings. The third-order valence-corrected chi connectivity index (χ3v) is 1.80. The van der Waals surface area contributed by atoms with Gasteiger partial charge in [-0.15, -0.1) is 0 Å². The van der Waals surface area contributed by atoms with Crippen LogP contribution >= 0.6 is 0 Å². The molecule has 0 aromatic rings. The van der Waals surface area contributed by atoms with Crippen LogP contribution in [0.15, 0.2) is 5.16 Å². The molecule has 0 aliphatic carbocycles. The van der Waals surface area contributed by atoms with E-state index in [9.17, 15) is 0 Å². The zero-order valence-corrected chi connectivity index (χ0v) is 9.16. The summed E-state index contributed by atoms with van der Waals surface area (Å²) in [5.74, 6) is 0.293. The first-order chi connectivity index (χ1) is 6.57. The normalized spacial score (nSPS) is 14.7. The summed E-state index contributed by atoms with van der Waals surface area (Å²) < 4.78 is 5.34. The largest absolute Gasteiger partial charge is 0.409 e. The van der Waals surface area contributed by atoms with Gasteiger partial charge in [0.05, 0.1) is 12.7 Å². The van der Waals surface area contributed by atoms with Crippen molar-refractivity contribution >= 4 is 5.84 Å². The molecule has 0 bridgehead atoms. The molecule has 0 heterocycles. The zero-order valence-electron chi connectivity index (χ0n) is 9.16. The van der Waals surface area contributed by atoms with Crippen LogP contribution in [0.2, 0.25) is 0 Å². The van der Waals surface area contributed by atoms with Crippen LogP contribution < -0.4 is 11.1 Å². The van der Waals surface area contributed by atoms with Crippen LogP contribution in [0.4, 0.5) is 0 Å². The van der Waals surface area contributed by atoms with Gasteiger partial charge in [0.1, 0.15) is 5.84 Å². The highest BCUT2D eigenvalue weighted by atomic mass is 16.5. The third-order valence-electron chi connectivity index (χ3n) is 1.80. The molecule has 0 spiro atoms. The van der Waals surface area contributed by atoms with Gasteiger partial charge in [-0.2, -0.15) is 0 Å². The summed E-state index contributed by atoms with van der Waals surface area (Å²) in [5, 5.41) is 14.5. The van der Waals surface area contributed by atoms with Crippen molar-refractivity contribution in [2.24, 2.45) is 16.8 Å². The number of nitrogens with one attached hydrogen (secondary N) is 1. The first-order valence-electron chi connectivity index (χ1n) is 4.87.